The Morgan fingerprint density at radius 2 is 2.19 bits per heavy atom. The Morgan fingerprint density at radius 3 is 2.85 bits per heavy atom. The van der Waals surface area contributed by atoms with Gasteiger partial charge in [0.2, 0.25) is 5.91 Å². The number of halogens is 1. The molecule has 4 nitrogen and oxygen atoms in total. The molecule has 2 rings (SSSR count). The van der Waals surface area contributed by atoms with Crippen molar-refractivity contribution in [2.24, 2.45) is 5.92 Å². The van der Waals surface area contributed by atoms with E-state index in [1.165, 1.54) is 22.7 Å². The van der Waals surface area contributed by atoms with Gasteiger partial charge < -0.3 is 15.0 Å². The predicted molar refractivity (Wildman–Crippen MR) is 117 cm³/mol. The topological polar surface area (TPSA) is 54.3 Å². The Morgan fingerprint density at radius 1 is 1.44 bits per heavy atom. The van der Waals surface area contributed by atoms with E-state index in [-0.39, 0.29) is 12.5 Å². The molecule has 0 fully saturated rings. The van der Waals surface area contributed by atoms with Crippen LogP contribution >= 0.6 is 23.4 Å². The Bertz CT molecular complexity index is 855. The molecule has 27 heavy (non-hydrogen) atoms. The Kier molecular flexibility index (Phi) is 8.02. The monoisotopic (exact) mass is 406 g/mol. The molecule has 0 radical (unpaired) electrons. The average Bonchev–Trinajstić information content (AvgIpc) is 2.96. The fourth-order valence-corrected chi connectivity index (χ4v) is 3.62. The highest BCUT2D eigenvalue weighted by atomic mass is 35.5. The van der Waals surface area contributed by atoms with Gasteiger partial charge in [-0.3, -0.25) is 4.79 Å². The number of benzene rings is 1. The summed E-state index contributed by atoms with van der Waals surface area (Å²) in [4.78, 5) is 12.0. The van der Waals surface area contributed by atoms with Gasteiger partial charge in [-0.2, -0.15) is 0 Å². The number of carbonyl (C=O) groups is 1. The Balaban J connectivity index is 2.20. The van der Waals surface area contributed by atoms with Crippen molar-refractivity contribution in [2.45, 2.75) is 33.6 Å². The van der Waals surface area contributed by atoms with Crippen molar-refractivity contribution in [2.75, 3.05) is 13.2 Å². The van der Waals surface area contributed by atoms with Gasteiger partial charge in [-0.05, 0) is 48.8 Å². The van der Waals surface area contributed by atoms with Crippen molar-refractivity contribution < 1.29 is 9.90 Å². The van der Waals surface area contributed by atoms with Crippen molar-refractivity contribution in [3.8, 4) is 0 Å². The predicted octanol–water partition coefficient (Wildman–Crippen LogP) is 5.06. The fraction of sp³-hybridized carbons (Fsp3) is 0.381. The van der Waals surface area contributed by atoms with Crippen molar-refractivity contribution in [3.05, 3.63) is 52.5 Å². The van der Waals surface area contributed by atoms with Crippen LogP contribution in [0.4, 0.5) is 0 Å². The SMILES string of the molecule is C=C(S/C=C(\C)C(=O)NCCCO)n1cc(CC(C)C)c2ccc(Cl)cc21. The standard InChI is InChI=1S/C21H27ClN2O2S/c1-14(2)10-17-12-24(20-11-18(22)6-7-19(17)20)16(4)27-13-15(3)21(26)23-8-5-9-25/h6-7,11-14,25H,4-5,8-10H2,1-3H3,(H,23,26)/b15-13+. The first-order chi connectivity index (χ1) is 12.8. The third kappa shape index (κ3) is 5.89. The number of hydrogen-bond acceptors (Lipinski definition) is 3. The molecule has 146 valence electrons. The van der Waals surface area contributed by atoms with Crippen LogP contribution in [0.15, 0.2) is 42.0 Å². The highest BCUT2D eigenvalue weighted by molar-refractivity contribution is 8.10. The second kappa shape index (κ2) is 10.0. The quantitative estimate of drug-likeness (QED) is 0.452. The summed E-state index contributed by atoms with van der Waals surface area (Å²) in [5.41, 5.74) is 2.89. The van der Waals surface area contributed by atoms with Gasteiger partial charge >= 0.3 is 0 Å². The molecule has 1 heterocycles. The lowest BCUT2D eigenvalue weighted by molar-refractivity contribution is -0.117. The van der Waals surface area contributed by atoms with Gasteiger partial charge in [0.15, 0.2) is 0 Å². The molecule has 1 aromatic heterocycles. The number of aliphatic hydroxyl groups excluding tert-OH is 1. The molecule has 0 bridgehead atoms. The average molecular weight is 407 g/mol. The second-order valence-corrected chi connectivity index (χ2v) is 8.31. The number of aliphatic hydroxyl groups is 1. The molecule has 2 aromatic rings. The van der Waals surface area contributed by atoms with Crippen LogP contribution in [0.25, 0.3) is 15.9 Å². The molecular formula is C21H27ClN2O2S. The van der Waals surface area contributed by atoms with Crippen LogP contribution in [0.5, 0.6) is 0 Å². The Labute approximate surface area is 170 Å². The molecular weight excluding hydrogens is 380 g/mol. The maximum atomic E-state index is 12.0. The molecule has 0 saturated carbocycles. The van der Waals surface area contributed by atoms with E-state index in [0.717, 1.165) is 17.0 Å². The summed E-state index contributed by atoms with van der Waals surface area (Å²) in [5, 5.41) is 16.0. The number of amides is 1. The molecule has 0 aliphatic rings. The minimum atomic E-state index is -0.135. The molecule has 0 unspecified atom stereocenters. The van der Waals surface area contributed by atoms with Gasteiger partial charge in [0.1, 0.15) is 0 Å². The van der Waals surface area contributed by atoms with Crippen LogP contribution < -0.4 is 5.32 Å². The minimum Gasteiger partial charge on any atom is -0.396 e. The summed E-state index contributed by atoms with van der Waals surface area (Å²) >= 11 is 7.62. The van der Waals surface area contributed by atoms with Crippen molar-refractivity contribution in [1.29, 1.82) is 0 Å². The zero-order valence-electron chi connectivity index (χ0n) is 16.1. The molecule has 0 saturated heterocycles. The van der Waals surface area contributed by atoms with Crippen molar-refractivity contribution in [1.82, 2.24) is 9.88 Å². The maximum Gasteiger partial charge on any atom is 0.247 e. The van der Waals surface area contributed by atoms with E-state index in [4.69, 9.17) is 16.7 Å². The van der Waals surface area contributed by atoms with E-state index >= 15 is 0 Å². The Hall–Kier alpha value is -1.69. The van der Waals surface area contributed by atoms with Gasteiger partial charge in [0, 0.05) is 35.3 Å². The fourth-order valence-electron chi connectivity index (χ4n) is 2.77. The van der Waals surface area contributed by atoms with Gasteiger partial charge in [0.05, 0.1) is 10.5 Å². The van der Waals surface area contributed by atoms with Gasteiger partial charge in [0.25, 0.3) is 0 Å². The number of nitrogens with one attached hydrogen (secondary N) is 1. The molecule has 2 N–H and O–H groups in total. The zero-order chi connectivity index (χ0) is 20.0. The van der Waals surface area contributed by atoms with E-state index in [0.29, 0.717) is 29.5 Å². The lowest BCUT2D eigenvalue weighted by Gasteiger charge is -2.08. The van der Waals surface area contributed by atoms with E-state index in [1.807, 2.05) is 16.7 Å². The summed E-state index contributed by atoms with van der Waals surface area (Å²) in [5.74, 6) is 0.412. The molecule has 1 aromatic carbocycles. The molecule has 0 spiro atoms. The first-order valence-electron chi connectivity index (χ1n) is 9.04. The summed E-state index contributed by atoms with van der Waals surface area (Å²) in [6.07, 6.45) is 3.64. The van der Waals surface area contributed by atoms with Crippen LogP contribution in [0.2, 0.25) is 5.02 Å². The van der Waals surface area contributed by atoms with Crippen molar-refractivity contribution >= 4 is 45.2 Å². The zero-order valence-corrected chi connectivity index (χ0v) is 17.7. The van der Waals surface area contributed by atoms with E-state index in [1.54, 1.807) is 12.3 Å². The van der Waals surface area contributed by atoms with E-state index < -0.39 is 0 Å². The highest BCUT2D eigenvalue weighted by Crippen LogP contribution is 2.32. The van der Waals surface area contributed by atoms with Crippen LogP contribution in [-0.2, 0) is 11.2 Å². The largest absolute Gasteiger partial charge is 0.396 e. The number of aromatic nitrogens is 1. The summed E-state index contributed by atoms with van der Waals surface area (Å²) < 4.78 is 2.04. The lowest BCUT2D eigenvalue weighted by Crippen LogP contribution is -2.25. The minimum absolute atomic E-state index is 0.0660. The maximum absolute atomic E-state index is 12.0. The number of fused-ring (bicyclic) bond motifs is 1. The number of thioether (sulfide) groups is 1. The molecule has 0 aliphatic heterocycles. The van der Waals surface area contributed by atoms with E-state index in [2.05, 4.69) is 38.0 Å². The lowest BCUT2D eigenvalue weighted by atomic mass is 10.0. The van der Waals surface area contributed by atoms with Crippen molar-refractivity contribution in [3.63, 3.8) is 0 Å². The smallest absolute Gasteiger partial charge is 0.247 e. The first kappa shape index (κ1) is 21.6. The van der Waals surface area contributed by atoms with Crippen LogP contribution in [0.3, 0.4) is 0 Å². The summed E-state index contributed by atoms with van der Waals surface area (Å²) in [7, 11) is 0. The normalized spacial score (nSPS) is 12.0. The van der Waals surface area contributed by atoms with Gasteiger partial charge in [-0.1, -0.05) is 49.9 Å². The number of carbonyl (C=O) groups excluding carboxylic acids is 1. The first-order valence-corrected chi connectivity index (χ1v) is 10.3. The molecule has 0 aliphatic carbocycles. The van der Waals surface area contributed by atoms with Crippen LogP contribution in [0.1, 0.15) is 32.8 Å². The third-order valence-electron chi connectivity index (χ3n) is 4.10. The third-order valence-corrected chi connectivity index (χ3v) is 5.27. The summed E-state index contributed by atoms with van der Waals surface area (Å²) in [6.45, 7) is 10.9. The number of rotatable bonds is 9. The number of nitrogens with zero attached hydrogens (tertiary/aromatic N) is 1. The molecule has 1 amide bonds. The van der Waals surface area contributed by atoms with Gasteiger partial charge in [-0.15, -0.1) is 0 Å². The van der Waals surface area contributed by atoms with Gasteiger partial charge in [-0.25, -0.2) is 0 Å². The number of hydrogen-bond donors (Lipinski definition) is 2. The van der Waals surface area contributed by atoms with Crippen LogP contribution in [0, 0.1) is 5.92 Å². The van der Waals surface area contributed by atoms with Crippen LogP contribution in [-0.4, -0.2) is 28.7 Å². The summed E-state index contributed by atoms with van der Waals surface area (Å²) in [6, 6.07) is 5.92. The highest BCUT2D eigenvalue weighted by Gasteiger charge is 2.13. The molecule has 0 atom stereocenters. The second-order valence-electron chi connectivity index (χ2n) is 6.93. The molecule has 6 heteroatoms. The van der Waals surface area contributed by atoms with E-state index in [9.17, 15) is 4.79 Å².